The molecule has 0 saturated carbocycles. The standard InChI is InChI=1S/C21H18O8/c1-26-16-9-11(4-7-17(24)27-2)8-14-18(21(25)28-3)20(29-19(14)16)13-6-5-12(22)10-15(13)23/h4-10,22-23H,1-3H3/b7-4+. The summed E-state index contributed by atoms with van der Waals surface area (Å²) in [5.74, 6) is -1.30. The van der Waals surface area contributed by atoms with E-state index in [-0.39, 0.29) is 34.0 Å². The van der Waals surface area contributed by atoms with Gasteiger partial charge in [0.05, 0.1) is 26.9 Å². The molecule has 3 rings (SSSR count). The molecule has 150 valence electrons. The van der Waals surface area contributed by atoms with E-state index in [1.807, 2.05) is 0 Å². The van der Waals surface area contributed by atoms with Gasteiger partial charge in [-0.25, -0.2) is 9.59 Å². The minimum atomic E-state index is -0.692. The molecule has 2 N–H and O–H groups in total. The van der Waals surface area contributed by atoms with Crippen molar-refractivity contribution in [3.05, 3.63) is 47.5 Å². The van der Waals surface area contributed by atoms with Gasteiger partial charge in [-0.05, 0) is 35.9 Å². The molecule has 0 spiro atoms. The van der Waals surface area contributed by atoms with Crippen molar-refractivity contribution in [2.75, 3.05) is 21.3 Å². The maximum Gasteiger partial charge on any atom is 0.342 e. The zero-order valence-corrected chi connectivity index (χ0v) is 15.9. The first-order chi connectivity index (χ1) is 13.9. The van der Waals surface area contributed by atoms with Crippen LogP contribution < -0.4 is 4.74 Å². The van der Waals surface area contributed by atoms with Gasteiger partial charge in [0.25, 0.3) is 0 Å². The van der Waals surface area contributed by atoms with Gasteiger partial charge in [0.1, 0.15) is 17.1 Å². The second-order valence-electron chi connectivity index (χ2n) is 5.96. The van der Waals surface area contributed by atoms with Crippen LogP contribution in [0, 0.1) is 0 Å². The van der Waals surface area contributed by atoms with Gasteiger partial charge in [0.15, 0.2) is 17.1 Å². The lowest BCUT2D eigenvalue weighted by atomic mass is 10.0. The summed E-state index contributed by atoms with van der Waals surface area (Å²) in [6, 6.07) is 7.14. The number of carbonyl (C=O) groups is 2. The molecule has 0 aliphatic carbocycles. The molecule has 0 aliphatic heterocycles. The third kappa shape index (κ3) is 3.73. The van der Waals surface area contributed by atoms with E-state index < -0.39 is 11.9 Å². The minimum absolute atomic E-state index is 0.0525. The molecule has 0 atom stereocenters. The Morgan fingerprint density at radius 3 is 2.41 bits per heavy atom. The first-order valence-corrected chi connectivity index (χ1v) is 8.40. The predicted molar refractivity (Wildman–Crippen MR) is 104 cm³/mol. The number of phenols is 2. The Hall–Kier alpha value is -3.94. The van der Waals surface area contributed by atoms with Crippen molar-refractivity contribution in [2.24, 2.45) is 0 Å². The monoisotopic (exact) mass is 398 g/mol. The number of aromatic hydroxyl groups is 2. The van der Waals surface area contributed by atoms with Crippen molar-refractivity contribution in [1.29, 1.82) is 0 Å². The zero-order chi connectivity index (χ0) is 21.1. The summed E-state index contributed by atoms with van der Waals surface area (Å²) in [6.07, 6.45) is 2.73. The molecule has 3 aromatic rings. The molecule has 2 aromatic carbocycles. The predicted octanol–water partition coefficient (Wildman–Crippen LogP) is 3.49. The molecule has 1 heterocycles. The van der Waals surface area contributed by atoms with Crippen molar-refractivity contribution in [3.8, 4) is 28.6 Å². The Morgan fingerprint density at radius 2 is 1.79 bits per heavy atom. The SMILES string of the molecule is COC(=O)/C=C/c1cc(OC)c2oc(-c3ccc(O)cc3O)c(C(=O)OC)c2c1. The minimum Gasteiger partial charge on any atom is -0.508 e. The van der Waals surface area contributed by atoms with E-state index in [1.165, 1.54) is 45.6 Å². The number of rotatable bonds is 5. The fourth-order valence-electron chi connectivity index (χ4n) is 2.88. The highest BCUT2D eigenvalue weighted by atomic mass is 16.5. The van der Waals surface area contributed by atoms with Crippen LogP contribution in [0.5, 0.6) is 17.2 Å². The van der Waals surface area contributed by atoms with Gasteiger partial charge >= 0.3 is 11.9 Å². The summed E-state index contributed by atoms with van der Waals surface area (Å²) >= 11 is 0. The number of methoxy groups -OCH3 is 3. The highest BCUT2D eigenvalue weighted by Gasteiger charge is 2.27. The van der Waals surface area contributed by atoms with Crippen molar-refractivity contribution in [3.63, 3.8) is 0 Å². The molecule has 0 fully saturated rings. The molecular formula is C21H18O8. The molecule has 0 radical (unpaired) electrons. The smallest absolute Gasteiger partial charge is 0.342 e. The Morgan fingerprint density at radius 1 is 1.03 bits per heavy atom. The normalized spacial score (nSPS) is 11.0. The van der Waals surface area contributed by atoms with Crippen LogP contribution in [0.2, 0.25) is 0 Å². The van der Waals surface area contributed by atoms with Gasteiger partial charge in [-0.3, -0.25) is 0 Å². The van der Waals surface area contributed by atoms with Crippen molar-refractivity contribution in [1.82, 2.24) is 0 Å². The Balaban J connectivity index is 2.31. The van der Waals surface area contributed by atoms with E-state index in [0.29, 0.717) is 16.7 Å². The largest absolute Gasteiger partial charge is 0.508 e. The number of carbonyl (C=O) groups excluding carboxylic acids is 2. The lowest BCUT2D eigenvalue weighted by molar-refractivity contribution is -0.134. The number of hydrogen-bond donors (Lipinski definition) is 2. The van der Waals surface area contributed by atoms with E-state index in [2.05, 4.69) is 4.74 Å². The molecule has 8 nitrogen and oxygen atoms in total. The van der Waals surface area contributed by atoms with E-state index >= 15 is 0 Å². The Bertz CT molecular complexity index is 1120. The summed E-state index contributed by atoms with van der Waals surface area (Å²) in [5, 5.41) is 20.1. The fraction of sp³-hybridized carbons (Fsp3) is 0.143. The van der Waals surface area contributed by atoms with E-state index in [1.54, 1.807) is 12.1 Å². The third-order valence-electron chi connectivity index (χ3n) is 4.23. The maximum absolute atomic E-state index is 12.5. The van der Waals surface area contributed by atoms with Crippen molar-refractivity contribution in [2.45, 2.75) is 0 Å². The van der Waals surface area contributed by atoms with E-state index in [4.69, 9.17) is 13.9 Å². The summed E-state index contributed by atoms with van der Waals surface area (Å²) in [4.78, 5) is 23.9. The van der Waals surface area contributed by atoms with E-state index in [0.717, 1.165) is 6.07 Å². The van der Waals surface area contributed by atoms with Crippen LogP contribution in [0.4, 0.5) is 0 Å². The molecule has 0 aliphatic rings. The van der Waals surface area contributed by atoms with Crippen LogP contribution in [0.25, 0.3) is 28.4 Å². The van der Waals surface area contributed by atoms with Crippen molar-refractivity contribution < 1.29 is 38.4 Å². The lowest BCUT2D eigenvalue weighted by Gasteiger charge is -2.05. The van der Waals surface area contributed by atoms with Gasteiger partial charge in [-0.1, -0.05) is 0 Å². The molecule has 0 unspecified atom stereocenters. The molecular weight excluding hydrogens is 380 g/mol. The summed E-state index contributed by atoms with van der Waals surface area (Å²) in [6.45, 7) is 0. The summed E-state index contributed by atoms with van der Waals surface area (Å²) in [5.41, 5.74) is 1.06. The molecule has 0 amide bonds. The maximum atomic E-state index is 12.5. The molecule has 0 saturated heterocycles. The summed E-state index contributed by atoms with van der Waals surface area (Å²) < 4.78 is 20.7. The van der Waals surface area contributed by atoms with E-state index in [9.17, 15) is 19.8 Å². The molecule has 29 heavy (non-hydrogen) atoms. The fourth-order valence-corrected chi connectivity index (χ4v) is 2.88. The number of phenolic OH excluding ortho intramolecular Hbond substituents is 2. The van der Waals surface area contributed by atoms with Crippen LogP contribution in [-0.4, -0.2) is 43.5 Å². The van der Waals surface area contributed by atoms with Gasteiger partial charge in [-0.2, -0.15) is 0 Å². The third-order valence-corrected chi connectivity index (χ3v) is 4.23. The average Bonchev–Trinajstić information content (AvgIpc) is 3.09. The first kappa shape index (κ1) is 19.8. The number of fused-ring (bicyclic) bond motifs is 1. The average molecular weight is 398 g/mol. The number of furan rings is 1. The van der Waals surface area contributed by atoms with Gasteiger partial charge in [0, 0.05) is 17.5 Å². The van der Waals surface area contributed by atoms with Gasteiger partial charge < -0.3 is 28.8 Å². The lowest BCUT2D eigenvalue weighted by Crippen LogP contribution is -2.02. The number of esters is 2. The topological polar surface area (TPSA) is 115 Å². The Kier molecular flexibility index (Phi) is 5.45. The Labute approximate surface area is 165 Å². The molecule has 0 bridgehead atoms. The number of hydrogen-bond acceptors (Lipinski definition) is 8. The van der Waals surface area contributed by atoms with Crippen LogP contribution in [0.1, 0.15) is 15.9 Å². The summed E-state index contributed by atoms with van der Waals surface area (Å²) in [7, 11) is 3.92. The van der Waals surface area contributed by atoms with Crippen LogP contribution in [0.3, 0.4) is 0 Å². The highest BCUT2D eigenvalue weighted by molar-refractivity contribution is 6.11. The quantitative estimate of drug-likeness (QED) is 0.496. The molecule has 1 aromatic heterocycles. The van der Waals surface area contributed by atoms with Crippen LogP contribution in [0.15, 0.2) is 40.8 Å². The number of ether oxygens (including phenoxy) is 3. The first-order valence-electron chi connectivity index (χ1n) is 8.40. The molecule has 8 heteroatoms. The second-order valence-corrected chi connectivity index (χ2v) is 5.96. The zero-order valence-electron chi connectivity index (χ0n) is 15.9. The van der Waals surface area contributed by atoms with Crippen LogP contribution in [-0.2, 0) is 14.3 Å². The van der Waals surface area contributed by atoms with Gasteiger partial charge in [-0.15, -0.1) is 0 Å². The second kappa shape index (κ2) is 7.97. The van der Waals surface area contributed by atoms with Gasteiger partial charge in [0.2, 0.25) is 0 Å². The van der Waals surface area contributed by atoms with Crippen LogP contribution >= 0.6 is 0 Å². The van der Waals surface area contributed by atoms with Crippen molar-refractivity contribution >= 4 is 29.0 Å². The number of benzene rings is 2. The highest BCUT2D eigenvalue weighted by Crippen LogP contribution is 2.42.